The fourth-order valence-electron chi connectivity index (χ4n) is 5.98. The number of methoxy groups -OCH3 is 1. The number of urea groups is 1. The summed E-state index contributed by atoms with van der Waals surface area (Å²) < 4.78 is 39.0. The van der Waals surface area contributed by atoms with E-state index in [1.165, 1.54) is 12.0 Å². The number of benzene rings is 1. The maximum absolute atomic E-state index is 13.9. The van der Waals surface area contributed by atoms with Crippen LogP contribution in [0.1, 0.15) is 44.9 Å². The number of sulfonamides is 1. The Hall–Kier alpha value is -4.20. The molecular weight excluding hydrogens is 600 g/mol. The van der Waals surface area contributed by atoms with E-state index in [-0.39, 0.29) is 43.2 Å². The van der Waals surface area contributed by atoms with Gasteiger partial charge in [0.05, 0.1) is 24.6 Å². The molecule has 0 spiro atoms. The molecule has 6 rings (SSSR count). The summed E-state index contributed by atoms with van der Waals surface area (Å²) >= 11 is 0. The highest BCUT2D eigenvalue weighted by Crippen LogP contribution is 2.46. The van der Waals surface area contributed by atoms with Gasteiger partial charge in [0.25, 0.3) is 5.91 Å². The highest BCUT2D eigenvalue weighted by molar-refractivity contribution is 7.91. The Kier molecular flexibility index (Phi) is 8.42. The van der Waals surface area contributed by atoms with Crippen LogP contribution in [0.3, 0.4) is 0 Å². The first-order valence-electron chi connectivity index (χ1n) is 15.3. The number of nitrogens with one attached hydrogen (secondary N) is 2. The fourth-order valence-corrected chi connectivity index (χ4v) is 7.34. The normalized spacial score (nSPS) is 27.1. The zero-order valence-electron chi connectivity index (χ0n) is 25.3. The predicted molar refractivity (Wildman–Crippen MR) is 164 cm³/mol. The van der Waals surface area contributed by atoms with Gasteiger partial charge in [0.15, 0.2) is 0 Å². The van der Waals surface area contributed by atoms with E-state index in [1.54, 1.807) is 18.0 Å². The van der Waals surface area contributed by atoms with Crippen molar-refractivity contribution in [3.63, 3.8) is 0 Å². The van der Waals surface area contributed by atoms with Crippen molar-refractivity contribution in [3.8, 4) is 23.1 Å². The Balaban J connectivity index is 1.26. The maximum atomic E-state index is 13.9. The lowest BCUT2D eigenvalue weighted by Gasteiger charge is -2.30. The molecule has 0 bridgehead atoms. The van der Waals surface area contributed by atoms with Crippen LogP contribution in [0.15, 0.2) is 48.6 Å². The molecule has 0 unspecified atom stereocenters. The minimum absolute atomic E-state index is 0.104. The Morgan fingerprint density at radius 1 is 1.13 bits per heavy atom. The molecule has 14 heteroatoms. The number of rotatable bonds is 7. The molecule has 1 aromatic carbocycles. The number of aromatic nitrogens is 2. The molecule has 45 heavy (non-hydrogen) atoms. The lowest BCUT2D eigenvalue weighted by Crippen LogP contribution is -2.57. The second-order valence-corrected chi connectivity index (χ2v) is 14.1. The lowest BCUT2D eigenvalue weighted by atomic mass is 10.1. The molecule has 4 atom stereocenters. The molecule has 3 fully saturated rings. The van der Waals surface area contributed by atoms with Gasteiger partial charge in [-0.05, 0) is 38.5 Å². The van der Waals surface area contributed by atoms with Gasteiger partial charge >= 0.3 is 12.0 Å². The van der Waals surface area contributed by atoms with Gasteiger partial charge in [-0.15, -0.1) is 0 Å². The second-order valence-electron chi connectivity index (χ2n) is 12.2. The van der Waals surface area contributed by atoms with Crippen LogP contribution in [0.5, 0.6) is 11.9 Å². The molecule has 2 saturated carbocycles. The summed E-state index contributed by atoms with van der Waals surface area (Å²) in [5.41, 5.74) is 0.0109. The predicted octanol–water partition coefficient (Wildman–Crippen LogP) is 2.25. The van der Waals surface area contributed by atoms with E-state index in [2.05, 4.69) is 20.0 Å². The number of ether oxygens (including phenoxy) is 2. The zero-order chi connectivity index (χ0) is 31.8. The van der Waals surface area contributed by atoms with Crippen LogP contribution in [0.2, 0.25) is 0 Å². The van der Waals surface area contributed by atoms with Crippen molar-refractivity contribution in [1.82, 2.24) is 29.8 Å². The average molecular weight is 639 g/mol. The summed E-state index contributed by atoms with van der Waals surface area (Å²) in [4.78, 5) is 52.8. The van der Waals surface area contributed by atoms with Crippen LogP contribution in [0, 0.1) is 5.92 Å². The zero-order valence-corrected chi connectivity index (χ0v) is 26.2. The minimum atomic E-state index is -3.82. The van der Waals surface area contributed by atoms with E-state index in [0.717, 1.165) is 24.8 Å². The third-order valence-electron chi connectivity index (χ3n) is 8.81. The molecular formula is C31H38N6O7S. The molecule has 2 aliphatic heterocycles. The summed E-state index contributed by atoms with van der Waals surface area (Å²) in [6, 6.07) is 9.98. The first-order valence-corrected chi connectivity index (χ1v) is 16.9. The molecule has 0 radical (unpaired) electrons. The van der Waals surface area contributed by atoms with Gasteiger partial charge in [0, 0.05) is 37.6 Å². The van der Waals surface area contributed by atoms with E-state index in [4.69, 9.17) is 9.47 Å². The van der Waals surface area contributed by atoms with Gasteiger partial charge in [-0.1, -0.05) is 42.5 Å². The SMILES string of the molecule is COc1nc(O[C@@H]2C[C@H]3C(=O)N[C@]4(C(=O)NS(=O)(=O)C5CC5)C[C@H]4C=CCCCCN(C)C(=O)N3C2)cc(-c2ccccc2)n1. The summed E-state index contributed by atoms with van der Waals surface area (Å²) in [5, 5.41) is 2.28. The van der Waals surface area contributed by atoms with Crippen LogP contribution in [-0.4, -0.2) is 96.2 Å². The van der Waals surface area contributed by atoms with Crippen LogP contribution in [0.4, 0.5) is 4.79 Å². The van der Waals surface area contributed by atoms with Crippen molar-refractivity contribution in [1.29, 1.82) is 0 Å². The van der Waals surface area contributed by atoms with E-state index in [0.29, 0.717) is 25.1 Å². The summed E-state index contributed by atoms with van der Waals surface area (Å²) in [6.45, 7) is 0.619. The highest BCUT2D eigenvalue weighted by Gasteiger charge is 2.62. The number of carbonyl (C=O) groups excluding carboxylic acids is 3. The highest BCUT2D eigenvalue weighted by atomic mass is 32.2. The van der Waals surface area contributed by atoms with Gasteiger partial charge in [0.2, 0.25) is 21.8 Å². The third kappa shape index (κ3) is 6.60. The molecule has 2 aliphatic carbocycles. The average Bonchev–Trinajstić information content (AvgIpc) is 3.95. The van der Waals surface area contributed by atoms with E-state index in [1.807, 2.05) is 42.5 Å². The first kappa shape index (κ1) is 30.8. The monoisotopic (exact) mass is 638 g/mol. The van der Waals surface area contributed by atoms with Crippen molar-refractivity contribution in [2.75, 3.05) is 27.2 Å². The topological polar surface area (TPSA) is 160 Å². The number of hydrogen-bond acceptors (Lipinski definition) is 9. The lowest BCUT2D eigenvalue weighted by molar-refractivity contribution is -0.131. The van der Waals surface area contributed by atoms with Gasteiger partial charge in [-0.3, -0.25) is 14.3 Å². The summed E-state index contributed by atoms with van der Waals surface area (Å²) in [5.74, 6) is -1.41. The number of hydrogen-bond donors (Lipinski definition) is 2. The minimum Gasteiger partial charge on any atom is -0.472 e. The Labute approximate surface area is 262 Å². The number of nitrogens with zero attached hydrogens (tertiary/aromatic N) is 4. The van der Waals surface area contributed by atoms with Gasteiger partial charge < -0.3 is 24.6 Å². The molecule has 4 aliphatic rings. The number of allylic oxidation sites excluding steroid dienone is 1. The molecule has 1 aromatic heterocycles. The Bertz CT molecular complexity index is 1600. The smallest absolute Gasteiger partial charge is 0.320 e. The molecule has 2 aromatic rings. The number of carbonyl (C=O) groups is 3. The van der Waals surface area contributed by atoms with Gasteiger partial charge in [-0.2, -0.15) is 9.97 Å². The van der Waals surface area contributed by atoms with Crippen molar-refractivity contribution in [2.45, 2.75) is 67.9 Å². The van der Waals surface area contributed by atoms with Crippen molar-refractivity contribution >= 4 is 27.9 Å². The first-order chi connectivity index (χ1) is 21.6. The molecule has 2 N–H and O–H groups in total. The maximum Gasteiger partial charge on any atom is 0.320 e. The summed E-state index contributed by atoms with van der Waals surface area (Å²) in [6.07, 6.45) is 6.98. The largest absolute Gasteiger partial charge is 0.472 e. The van der Waals surface area contributed by atoms with E-state index in [9.17, 15) is 22.8 Å². The molecule has 3 heterocycles. The molecule has 240 valence electrons. The van der Waals surface area contributed by atoms with Gasteiger partial charge in [-0.25, -0.2) is 13.2 Å². The Morgan fingerprint density at radius 3 is 2.64 bits per heavy atom. The molecule has 4 amide bonds. The van der Waals surface area contributed by atoms with E-state index < -0.39 is 44.8 Å². The number of amides is 4. The Morgan fingerprint density at radius 2 is 1.91 bits per heavy atom. The quantitative estimate of drug-likeness (QED) is 0.434. The second kappa shape index (κ2) is 12.3. The van der Waals surface area contributed by atoms with Crippen LogP contribution >= 0.6 is 0 Å². The number of fused-ring (bicyclic) bond motifs is 2. The third-order valence-corrected chi connectivity index (χ3v) is 10.6. The van der Waals surface area contributed by atoms with Crippen LogP contribution < -0.4 is 19.5 Å². The molecule has 13 nitrogen and oxygen atoms in total. The fraction of sp³-hybridized carbons (Fsp3) is 0.516. The van der Waals surface area contributed by atoms with E-state index >= 15 is 0 Å². The van der Waals surface area contributed by atoms with Crippen molar-refractivity contribution < 1.29 is 32.3 Å². The van der Waals surface area contributed by atoms with Crippen LogP contribution in [0.25, 0.3) is 11.3 Å². The summed E-state index contributed by atoms with van der Waals surface area (Å²) in [7, 11) is -0.665. The molecule has 1 saturated heterocycles. The van der Waals surface area contributed by atoms with Gasteiger partial charge in [0.1, 0.15) is 17.7 Å². The van der Waals surface area contributed by atoms with Crippen LogP contribution in [-0.2, 0) is 19.6 Å². The standard InChI is InChI=1S/C31H38N6O7S/c1-36-15-9-4-3-8-12-21-18-31(21,28(39)35-45(41,42)23-13-14-23)34-27(38)25-16-22(19-37(25)30(36)40)44-26-17-24(32-29(33-26)43-2)20-10-6-5-7-11-20/h5-8,10-12,17,21-23,25H,3-4,9,13-16,18-19H2,1-2H3,(H,34,38)(H,35,39)/t21-,22-,25+,31-/m1/s1. The van der Waals surface area contributed by atoms with Crippen molar-refractivity contribution in [3.05, 3.63) is 48.6 Å². The van der Waals surface area contributed by atoms with Crippen molar-refractivity contribution in [2.24, 2.45) is 5.92 Å².